The summed E-state index contributed by atoms with van der Waals surface area (Å²) in [5.41, 5.74) is 2.87. The lowest BCUT2D eigenvalue weighted by atomic mass is 9.98. The molecular weight excluding hydrogens is 440 g/mol. The topological polar surface area (TPSA) is 92.8 Å². The fraction of sp³-hybridized carbons (Fsp3) is 0.440. The molecule has 1 aliphatic heterocycles. The van der Waals surface area contributed by atoms with Gasteiger partial charge in [-0.1, -0.05) is 44.9 Å². The number of anilines is 1. The number of carbonyl (C=O) groups excluding carboxylic acids is 2. The number of para-hydroxylation sites is 1. The highest BCUT2D eigenvalue weighted by atomic mass is 32.2. The number of nitrogens with one attached hydrogen (secondary N) is 1. The maximum absolute atomic E-state index is 12.9. The number of carbonyl (C=O) groups is 2. The Bertz CT molecular complexity index is 1090. The van der Waals surface area contributed by atoms with Gasteiger partial charge in [0.15, 0.2) is 6.61 Å². The van der Waals surface area contributed by atoms with Crippen molar-refractivity contribution in [3.8, 4) is 0 Å². The van der Waals surface area contributed by atoms with E-state index in [4.69, 9.17) is 4.74 Å². The number of aryl methyl sites for hydroxylation is 1. The number of sulfonamides is 1. The van der Waals surface area contributed by atoms with Crippen molar-refractivity contribution in [2.75, 3.05) is 25.0 Å². The molecule has 1 saturated heterocycles. The molecule has 3 rings (SSSR count). The SMILES string of the molecule is Cc1cccc(C(C)C)c1NC(=O)COC(=O)c1ccc(S(=O)(=O)N2CCCCCC2)cc1. The number of nitrogens with zero attached hydrogens (tertiary/aromatic N) is 1. The molecule has 0 unspecified atom stereocenters. The second kappa shape index (κ2) is 10.9. The van der Waals surface area contributed by atoms with Crippen LogP contribution < -0.4 is 5.32 Å². The molecule has 8 heteroatoms. The smallest absolute Gasteiger partial charge is 0.338 e. The van der Waals surface area contributed by atoms with Gasteiger partial charge < -0.3 is 10.1 Å². The Labute approximate surface area is 196 Å². The van der Waals surface area contributed by atoms with E-state index in [1.165, 1.54) is 28.6 Å². The summed E-state index contributed by atoms with van der Waals surface area (Å²) in [6.07, 6.45) is 3.78. The Kier molecular flexibility index (Phi) is 8.26. The first-order valence-corrected chi connectivity index (χ1v) is 12.8. The van der Waals surface area contributed by atoms with Crippen molar-refractivity contribution >= 4 is 27.6 Å². The highest BCUT2D eigenvalue weighted by molar-refractivity contribution is 7.89. The average Bonchev–Trinajstić information content (AvgIpc) is 3.09. The first-order chi connectivity index (χ1) is 15.7. The fourth-order valence-corrected chi connectivity index (χ4v) is 5.44. The Balaban J connectivity index is 1.61. The average molecular weight is 473 g/mol. The zero-order valence-electron chi connectivity index (χ0n) is 19.5. The summed E-state index contributed by atoms with van der Waals surface area (Å²) < 4.78 is 32.4. The number of amides is 1. The standard InChI is InChI=1S/C25H32N2O5S/c1-18(2)22-10-8-9-19(3)24(22)26-23(28)17-32-25(29)20-11-13-21(14-12-20)33(30,31)27-15-6-4-5-7-16-27/h8-14,18H,4-7,15-17H2,1-3H3,(H,26,28). The summed E-state index contributed by atoms with van der Waals surface area (Å²) in [5.74, 6) is -0.885. The minimum absolute atomic E-state index is 0.152. The molecule has 2 aromatic rings. The van der Waals surface area contributed by atoms with Gasteiger partial charge in [-0.2, -0.15) is 4.31 Å². The maximum Gasteiger partial charge on any atom is 0.338 e. The van der Waals surface area contributed by atoms with Gasteiger partial charge in [0.05, 0.1) is 10.5 Å². The molecule has 33 heavy (non-hydrogen) atoms. The van der Waals surface area contributed by atoms with Crippen molar-refractivity contribution < 1.29 is 22.7 Å². The minimum atomic E-state index is -3.59. The molecule has 7 nitrogen and oxygen atoms in total. The van der Waals surface area contributed by atoms with E-state index >= 15 is 0 Å². The first-order valence-electron chi connectivity index (χ1n) is 11.4. The lowest BCUT2D eigenvalue weighted by molar-refractivity contribution is -0.119. The summed E-state index contributed by atoms with van der Waals surface area (Å²) in [6, 6.07) is 11.5. The maximum atomic E-state index is 12.9. The van der Waals surface area contributed by atoms with Crippen LogP contribution in [-0.2, 0) is 19.6 Å². The summed E-state index contributed by atoms with van der Waals surface area (Å²) in [5, 5.41) is 2.84. The van der Waals surface area contributed by atoms with Crippen LogP contribution in [0.2, 0.25) is 0 Å². The van der Waals surface area contributed by atoms with E-state index in [0.717, 1.165) is 42.5 Å². The second-order valence-corrected chi connectivity index (χ2v) is 10.6. The predicted octanol–water partition coefficient (Wildman–Crippen LogP) is 4.48. The summed E-state index contributed by atoms with van der Waals surface area (Å²) in [6.45, 7) is 6.59. The number of rotatable bonds is 7. The molecule has 1 aliphatic rings. The van der Waals surface area contributed by atoms with Crippen LogP contribution in [0.4, 0.5) is 5.69 Å². The van der Waals surface area contributed by atoms with Crippen LogP contribution in [0.1, 0.15) is 66.9 Å². The van der Waals surface area contributed by atoms with E-state index in [2.05, 4.69) is 5.32 Å². The largest absolute Gasteiger partial charge is 0.452 e. The van der Waals surface area contributed by atoms with Crippen molar-refractivity contribution in [2.45, 2.75) is 57.3 Å². The molecule has 0 atom stereocenters. The Morgan fingerprint density at radius 2 is 1.64 bits per heavy atom. The molecule has 2 aromatic carbocycles. The normalized spacial score (nSPS) is 15.2. The molecule has 1 heterocycles. The monoisotopic (exact) mass is 472 g/mol. The molecule has 1 amide bonds. The highest BCUT2D eigenvalue weighted by Gasteiger charge is 2.25. The third-order valence-electron chi connectivity index (χ3n) is 5.82. The van der Waals surface area contributed by atoms with Crippen molar-refractivity contribution in [1.82, 2.24) is 4.31 Å². The van der Waals surface area contributed by atoms with Gasteiger partial charge in [0.2, 0.25) is 10.0 Å². The van der Waals surface area contributed by atoms with Crippen LogP contribution in [0, 0.1) is 6.92 Å². The number of hydrogen-bond acceptors (Lipinski definition) is 5. The number of ether oxygens (including phenoxy) is 1. The molecule has 0 aliphatic carbocycles. The molecule has 0 bridgehead atoms. The molecular formula is C25H32N2O5S. The van der Waals surface area contributed by atoms with Crippen LogP contribution in [0.3, 0.4) is 0 Å². The van der Waals surface area contributed by atoms with Gasteiger partial charge in [-0.05, 0) is 61.1 Å². The van der Waals surface area contributed by atoms with Crippen LogP contribution in [0.15, 0.2) is 47.4 Å². The first kappa shape index (κ1) is 24.9. The minimum Gasteiger partial charge on any atom is -0.452 e. The third kappa shape index (κ3) is 6.21. The highest BCUT2D eigenvalue weighted by Crippen LogP contribution is 2.27. The third-order valence-corrected chi connectivity index (χ3v) is 7.73. The summed E-state index contributed by atoms with van der Waals surface area (Å²) in [4.78, 5) is 24.9. The van der Waals surface area contributed by atoms with E-state index in [-0.39, 0.29) is 16.4 Å². The van der Waals surface area contributed by atoms with Gasteiger partial charge in [0, 0.05) is 18.8 Å². The zero-order chi connectivity index (χ0) is 24.0. The van der Waals surface area contributed by atoms with E-state index in [9.17, 15) is 18.0 Å². The summed E-state index contributed by atoms with van der Waals surface area (Å²) >= 11 is 0. The Hall–Kier alpha value is -2.71. The number of benzene rings is 2. The predicted molar refractivity (Wildman–Crippen MR) is 128 cm³/mol. The van der Waals surface area contributed by atoms with Gasteiger partial charge in [-0.3, -0.25) is 4.79 Å². The zero-order valence-corrected chi connectivity index (χ0v) is 20.3. The second-order valence-electron chi connectivity index (χ2n) is 8.66. The Morgan fingerprint density at radius 3 is 2.24 bits per heavy atom. The summed E-state index contributed by atoms with van der Waals surface area (Å²) in [7, 11) is -3.59. The van der Waals surface area contributed by atoms with Gasteiger partial charge in [0.25, 0.3) is 5.91 Å². The molecule has 0 radical (unpaired) electrons. The van der Waals surface area contributed by atoms with Crippen molar-refractivity contribution in [2.24, 2.45) is 0 Å². The van der Waals surface area contributed by atoms with E-state index in [1.54, 1.807) is 0 Å². The number of hydrogen-bond donors (Lipinski definition) is 1. The number of esters is 1. The van der Waals surface area contributed by atoms with Crippen molar-refractivity contribution in [1.29, 1.82) is 0 Å². The van der Waals surface area contributed by atoms with Crippen LogP contribution in [-0.4, -0.2) is 44.3 Å². The lowest BCUT2D eigenvalue weighted by Crippen LogP contribution is -2.31. The van der Waals surface area contributed by atoms with Crippen LogP contribution in [0.25, 0.3) is 0 Å². The molecule has 0 saturated carbocycles. The van der Waals surface area contributed by atoms with E-state index in [1.807, 2.05) is 39.0 Å². The van der Waals surface area contributed by atoms with Gasteiger partial charge in [-0.15, -0.1) is 0 Å². The molecule has 178 valence electrons. The van der Waals surface area contributed by atoms with Gasteiger partial charge in [-0.25, -0.2) is 13.2 Å². The van der Waals surface area contributed by atoms with E-state index < -0.39 is 28.5 Å². The quantitative estimate of drug-likeness (QED) is 0.600. The van der Waals surface area contributed by atoms with Crippen molar-refractivity contribution in [3.05, 3.63) is 59.2 Å². The lowest BCUT2D eigenvalue weighted by Gasteiger charge is -2.20. The molecule has 0 aromatic heterocycles. The van der Waals surface area contributed by atoms with Crippen LogP contribution >= 0.6 is 0 Å². The molecule has 1 N–H and O–H groups in total. The fourth-order valence-electron chi connectivity index (χ4n) is 3.93. The Morgan fingerprint density at radius 1 is 1.00 bits per heavy atom. The van der Waals surface area contributed by atoms with Crippen molar-refractivity contribution in [3.63, 3.8) is 0 Å². The van der Waals surface area contributed by atoms with E-state index in [0.29, 0.717) is 13.1 Å². The van der Waals surface area contributed by atoms with Gasteiger partial charge >= 0.3 is 5.97 Å². The van der Waals surface area contributed by atoms with Gasteiger partial charge in [0.1, 0.15) is 0 Å². The molecule has 1 fully saturated rings. The van der Waals surface area contributed by atoms with Crippen LogP contribution in [0.5, 0.6) is 0 Å². The molecule has 0 spiro atoms.